The summed E-state index contributed by atoms with van der Waals surface area (Å²) < 4.78 is 0. The third-order valence-corrected chi connectivity index (χ3v) is 3.92. The van der Waals surface area contributed by atoms with Crippen molar-refractivity contribution in [3.63, 3.8) is 0 Å². The molecule has 3 nitrogen and oxygen atoms in total. The van der Waals surface area contributed by atoms with Gasteiger partial charge in [-0.1, -0.05) is 19.8 Å². The molecule has 0 aromatic heterocycles. The van der Waals surface area contributed by atoms with Crippen molar-refractivity contribution < 1.29 is 4.79 Å². The van der Waals surface area contributed by atoms with Crippen molar-refractivity contribution in [3.05, 3.63) is 0 Å². The summed E-state index contributed by atoms with van der Waals surface area (Å²) in [6.45, 7) is 6.38. The molecule has 1 amide bonds. The van der Waals surface area contributed by atoms with Crippen molar-refractivity contribution in [3.8, 4) is 0 Å². The Balaban J connectivity index is 1.81. The Kier molecular flexibility index (Phi) is 3.62. The van der Waals surface area contributed by atoms with Crippen LogP contribution in [0.15, 0.2) is 0 Å². The van der Waals surface area contributed by atoms with Crippen LogP contribution in [0.25, 0.3) is 0 Å². The summed E-state index contributed by atoms with van der Waals surface area (Å²) in [5.74, 6) is 0.896. The first-order valence-corrected chi connectivity index (χ1v) is 6.23. The molecule has 2 fully saturated rings. The monoisotopic (exact) mass is 210 g/mol. The zero-order valence-corrected chi connectivity index (χ0v) is 9.69. The summed E-state index contributed by atoms with van der Waals surface area (Å²) >= 11 is 0. The van der Waals surface area contributed by atoms with Crippen molar-refractivity contribution in [1.82, 2.24) is 9.80 Å². The first-order chi connectivity index (χ1) is 7.29. The van der Waals surface area contributed by atoms with E-state index in [4.69, 9.17) is 0 Å². The molecule has 15 heavy (non-hydrogen) atoms. The van der Waals surface area contributed by atoms with Crippen LogP contribution in [-0.2, 0) is 4.79 Å². The number of hydrogen-bond donors (Lipinski definition) is 0. The molecule has 2 rings (SSSR count). The molecule has 0 unspecified atom stereocenters. The molecular weight excluding hydrogens is 188 g/mol. The molecule has 1 saturated carbocycles. The van der Waals surface area contributed by atoms with E-state index < -0.39 is 0 Å². The lowest BCUT2D eigenvalue weighted by Gasteiger charge is -2.41. The molecule has 0 radical (unpaired) electrons. The van der Waals surface area contributed by atoms with Crippen LogP contribution in [0, 0.1) is 5.92 Å². The summed E-state index contributed by atoms with van der Waals surface area (Å²) in [5.41, 5.74) is 0. The van der Waals surface area contributed by atoms with Gasteiger partial charge in [0.2, 0.25) is 6.41 Å². The predicted molar refractivity (Wildman–Crippen MR) is 60.6 cm³/mol. The summed E-state index contributed by atoms with van der Waals surface area (Å²) in [4.78, 5) is 15.1. The summed E-state index contributed by atoms with van der Waals surface area (Å²) in [7, 11) is 0. The maximum atomic E-state index is 10.6. The summed E-state index contributed by atoms with van der Waals surface area (Å²) in [6, 6.07) is 0.794. The van der Waals surface area contributed by atoms with E-state index in [1.165, 1.54) is 25.7 Å². The van der Waals surface area contributed by atoms with Gasteiger partial charge in [0.1, 0.15) is 0 Å². The summed E-state index contributed by atoms with van der Waals surface area (Å²) in [5, 5.41) is 0. The molecule has 1 heterocycles. The smallest absolute Gasteiger partial charge is 0.209 e. The SMILES string of the molecule is C[C@@H]1CCC[C@H](N2CCN(C=O)CC2)C1. The molecule has 2 aliphatic rings. The standard InChI is InChI=1S/C12H22N2O/c1-11-3-2-4-12(9-11)14-7-5-13(10-15)6-8-14/h10-12H,2-9H2,1H3/t11-,12+/m1/s1. The predicted octanol–water partition coefficient (Wildman–Crippen LogP) is 1.34. The van der Waals surface area contributed by atoms with Gasteiger partial charge in [-0.15, -0.1) is 0 Å². The van der Waals surface area contributed by atoms with Crippen LogP contribution in [0.4, 0.5) is 0 Å². The highest BCUT2D eigenvalue weighted by Gasteiger charge is 2.26. The van der Waals surface area contributed by atoms with Crippen molar-refractivity contribution in [1.29, 1.82) is 0 Å². The second-order valence-electron chi connectivity index (χ2n) is 5.10. The zero-order chi connectivity index (χ0) is 10.7. The van der Waals surface area contributed by atoms with Gasteiger partial charge in [-0.05, 0) is 18.8 Å². The third kappa shape index (κ3) is 2.71. The molecule has 3 heteroatoms. The molecule has 0 bridgehead atoms. The van der Waals surface area contributed by atoms with Gasteiger partial charge in [0.05, 0.1) is 0 Å². The van der Waals surface area contributed by atoms with E-state index in [9.17, 15) is 4.79 Å². The van der Waals surface area contributed by atoms with Crippen LogP contribution in [-0.4, -0.2) is 48.4 Å². The molecule has 0 aromatic rings. The van der Waals surface area contributed by atoms with Crippen LogP contribution in [0.3, 0.4) is 0 Å². The van der Waals surface area contributed by atoms with E-state index in [0.717, 1.165) is 44.5 Å². The Morgan fingerprint density at radius 2 is 1.87 bits per heavy atom. The molecule has 86 valence electrons. The average Bonchev–Trinajstić information content (AvgIpc) is 2.29. The van der Waals surface area contributed by atoms with Crippen LogP contribution in [0.2, 0.25) is 0 Å². The molecule has 2 atom stereocenters. The van der Waals surface area contributed by atoms with Crippen LogP contribution >= 0.6 is 0 Å². The van der Waals surface area contributed by atoms with Gasteiger partial charge in [-0.3, -0.25) is 9.69 Å². The highest BCUT2D eigenvalue weighted by atomic mass is 16.1. The molecule has 0 spiro atoms. The quantitative estimate of drug-likeness (QED) is 0.642. The van der Waals surface area contributed by atoms with E-state index in [1.807, 2.05) is 4.90 Å². The van der Waals surface area contributed by atoms with Crippen LogP contribution in [0.1, 0.15) is 32.6 Å². The number of carbonyl (C=O) groups is 1. The highest BCUT2D eigenvalue weighted by molar-refractivity contribution is 5.47. The first-order valence-electron chi connectivity index (χ1n) is 6.23. The van der Waals surface area contributed by atoms with E-state index >= 15 is 0 Å². The van der Waals surface area contributed by atoms with Crippen molar-refractivity contribution in [2.75, 3.05) is 26.2 Å². The minimum Gasteiger partial charge on any atom is -0.343 e. The average molecular weight is 210 g/mol. The first kappa shape index (κ1) is 10.9. The maximum absolute atomic E-state index is 10.6. The second kappa shape index (κ2) is 4.97. The minimum absolute atomic E-state index is 0.794. The number of amides is 1. The maximum Gasteiger partial charge on any atom is 0.209 e. The molecule has 1 saturated heterocycles. The largest absolute Gasteiger partial charge is 0.343 e. The van der Waals surface area contributed by atoms with Gasteiger partial charge < -0.3 is 4.90 Å². The van der Waals surface area contributed by atoms with Gasteiger partial charge in [-0.2, -0.15) is 0 Å². The second-order valence-corrected chi connectivity index (χ2v) is 5.10. The number of rotatable bonds is 2. The fourth-order valence-electron chi connectivity index (χ4n) is 2.94. The topological polar surface area (TPSA) is 23.6 Å². The Morgan fingerprint density at radius 3 is 2.47 bits per heavy atom. The lowest BCUT2D eigenvalue weighted by Crippen LogP contribution is -2.50. The molecular formula is C12H22N2O. The van der Waals surface area contributed by atoms with Gasteiger partial charge in [0.15, 0.2) is 0 Å². The Labute approximate surface area is 92.4 Å². The van der Waals surface area contributed by atoms with Gasteiger partial charge in [0, 0.05) is 32.2 Å². The van der Waals surface area contributed by atoms with Gasteiger partial charge >= 0.3 is 0 Å². The van der Waals surface area contributed by atoms with Crippen molar-refractivity contribution in [2.24, 2.45) is 5.92 Å². The van der Waals surface area contributed by atoms with E-state index in [2.05, 4.69) is 11.8 Å². The molecule has 1 aliphatic carbocycles. The Morgan fingerprint density at radius 1 is 1.13 bits per heavy atom. The number of nitrogens with zero attached hydrogens (tertiary/aromatic N) is 2. The summed E-state index contributed by atoms with van der Waals surface area (Å²) in [6.07, 6.45) is 6.51. The number of carbonyl (C=O) groups excluding carboxylic acids is 1. The number of piperazine rings is 1. The fourth-order valence-corrected chi connectivity index (χ4v) is 2.94. The van der Waals surface area contributed by atoms with E-state index in [1.54, 1.807) is 0 Å². The number of hydrogen-bond acceptors (Lipinski definition) is 2. The van der Waals surface area contributed by atoms with Gasteiger partial charge in [0.25, 0.3) is 0 Å². The van der Waals surface area contributed by atoms with Crippen molar-refractivity contribution >= 4 is 6.41 Å². The zero-order valence-electron chi connectivity index (χ0n) is 9.69. The minimum atomic E-state index is 0.794. The van der Waals surface area contributed by atoms with Gasteiger partial charge in [-0.25, -0.2) is 0 Å². The molecule has 0 aromatic carbocycles. The fraction of sp³-hybridized carbons (Fsp3) is 0.917. The van der Waals surface area contributed by atoms with Crippen molar-refractivity contribution in [2.45, 2.75) is 38.6 Å². The van der Waals surface area contributed by atoms with E-state index in [-0.39, 0.29) is 0 Å². The lowest BCUT2D eigenvalue weighted by molar-refractivity contribution is -0.120. The Hall–Kier alpha value is -0.570. The third-order valence-electron chi connectivity index (χ3n) is 3.92. The highest BCUT2D eigenvalue weighted by Crippen LogP contribution is 2.27. The molecule has 0 N–H and O–H groups in total. The lowest BCUT2D eigenvalue weighted by atomic mass is 9.86. The van der Waals surface area contributed by atoms with Crippen LogP contribution in [0.5, 0.6) is 0 Å². The van der Waals surface area contributed by atoms with Crippen LogP contribution < -0.4 is 0 Å². The normalized spacial score (nSPS) is 34.1. The van der Waals surface area contributed by atoms with E-state index in [0.29, 0.717) is 0 Å². The Bertz CT molecular complexity index is 212. The molecule has 1 aliphatic heterocycles.